The molecule has 0 aromatic carbocycles. The summed E-state index contributed by atoms with van der Waals surface area (Å²) in [6.07, 6.45) is 6.66. The molecule has 1 aromatic heterocycles. The van der Waals surface area contributed by atoms with Gasteiger partial charge in [-0.3, -0.25) is 9.78 Å². The molecule has 5 heteroatoms. The molecule has 1 aliphatic rings. The molecular weight excluding hydrogens is 306 g/mol. The van der Waals surface area contributed by atoms with Crippen LogP contribution in [0.5, 0.6) is 0 Å². The van der Waals surface area contributed by atoms with E-state index in [1.165, 1.54) is 0 Å². The number of nitrogens with two attached hydrogens (primary N) is 1. The summed E-state index contributed by atoms with van der Waals surface area (Å²) in [5.74, 6) is 0.491. The molecule has 1 aliphatic carbocycles. The fourth-order valence-electron chi connectivity index (χ4n) is 2.93. The summed E-state index contributed by atoms with van der Waals surface area (Å²) in [7, 11) is 0. The van der Waals surface area contributed by atoms with Crippen molar-refractivity contribution >= 4 is 21.8 Å². The fraction of sp³-hybridized carbons (Fsp3) is 0.571. The third kappa shape index (κ3) is 3.15. The van der Waals surface area contributed by atoms with Crippen molar-refractivity contribution in [2.75, 3.05) is 13.1 Å². The first-order chi connectivity index (χ1) is 9.17. The Kier molecular flexibility index (Phi) is 4.93. The van der Waals surface area contributed by atoms with E-state index in [1.54, 1.807) is 12.4 Å². The molecule has 0 aliphatic heterocycles. The zero-order chi connectivity index (χ0) is 13.8. The molecule has 1 aromatic rings. The lowest BCUT2D eigenvalue weighted by Crippen LogP contribution is -2.44. The summed E-state index contributed by atoms with van der Waals surface area (Å²) in [4.78, 5) is 18.6. The minimum absolute atomic E-state index is 0.0571. The van der Waals surface area contributed by atoms with Crippen molar-refractivity contribution in [2.45, 2.75) is 32.2 Å². The maximum Gasteiger partial charge on any atom is 0.255 e. The van der Waals surface area contributed by atoms with Crippen molar-refractivity contribution in [1.82, 2.24) is 9.88 Å². The van der Waals surface area contributed by atoms with Crippen LogP contribution < -0.4 is 5.73 Å². The van der Waals surface area contributed by atoms with Gasteiger partial charge in [-0.2, -0.15) is 0 Å². The van der Waals surface area contributed by atoms with Crippen LogP contribution >= 0.6 is 15.9 Å². The zero-order valence-electron chi connectivity index (χ0n) is 11.2. The summed E-state index contributed by atoms with van der Waals surface area (Å²) >= 11 is 3.36. The van der Waals surface area contributed by atoms with Gasteiger partial charge in [0, 0.05) is 29.5 Å². The molecule has 2 atom stereocenters. The van der Waals surface area contributed by atoms with Crippen LogP contribution in [-0.2, 0) is 0 Å². The lowest BCUT2D eigenvalue weighted by atomic mass is 10.0. The highest BCUT2D eigenvalue weighted by atomic mass is 79.9. The Bertz CT molecular complexity index is 452. The van der Waals surface area contributed by atoms with Gasteiger partial charge in [0.1, 0.15) is 0 Å². The van der Waals surface area contributed by atoms with Crippen molar-refractivity contribution in [2.24, 2.45) is 11.7 Å². The summed E-state index contributed by atoms with van der Waals surface area (Å²) in [5.41, 5.74) is 6.46. The highest BCUT2D eigenvalue weighted by Gasteiger charge is 2.33. The number of amides is 1. The Balaban J connectivity index is 2.19. The van der Waals surface area contributed by atoms with Gasteiger partial charge in [0.05, 0.1) is 5.56 Å². The fourth-order valence-corrected chi connectivity index (χ4v) is 3.29. The van der Waals surface area contributed by atoms with Gasteiger partial charge in [-0.05, 0) is 54.2 Å². The average molecular weight is 326 g/mol. The predicted molar refractivity (Wildman–Crippen MR) is 78.8 cm³/mol. The first-order valence-corrected chi connectivity index (χ1v) is 7.58. The summed E-state index contributed by atoms with van der Waals surface area (Å²) in [6, 6.07) is 2.10. The van der Waals surface area contributed by atoms with E-state index in [0.717, 1.165) is 23.7 Å². The molecule has 1 saturated carbocycles. The van der Waals surface area contributed by atoms with E-state index < -0.39 is 0 Å². The molecule has 0 saturated heterocycles. The van der Waals surface area contributed by atoms with Gasteiger partial charge in [-0.25, -0.2) is 0 Å². The van der Waals surface area contributed by atoms with Crippen LogP contribution in [0.2, 0.25) is 0 Å². The van der Waals surface area contributed by atoms with Crippen molar-refractivity contribution in [3.05, 3.63) is 28.5 Å². The molecule has 104 valence electrons. The number of rotatable bonds is 4. The number of halogens is 1. The first kappa shape index (κ1) is 14.5. The SMILES string of the molecule is CCN(C(=O)c1cncc(Br)c1)C1CCCC1CN. The van der Waals surface area contributed by atoms with Crippen molar-refractivity contribution in [3.63, 3.8) is 0 Å². The van der Waals surface area contributed by atoms with Crippen molar-refractivity contribution in [1.29, 1.82) is 0 Å². The van der Waals surface area contributed by atoms with E-state index in [9.17, 15) is 4.79 Å². The molecule has 4 nitrogen and oxygen atoms in total. The molecule has 0 spiro atoms. The topological polar surface area (TPSA) is 59.2 Å². The summed E-state index contributed by atoms with van der Waals surface area (Å²) < 4.78 is 0.830. The third-order valence-corrected chi connectivity index (χ3v) is 4.31. The highest BCUT2D eigenvalue weighted by Crippen LogP contribution is 2.30. The summed E-state index contributed by atoms with van der Waals surface area (Å²) in [5, 5.41) is 0. The second-order valence-electron chi connectivity index (χ2n) is 4.98. The van der Waals surface area contributed by atoms with Crippen molar-refractivity contribution in [3.8, 4) is 0 Å². The standard InChI is InChI=1S/C14H20BrN3O/c1-2-18(13-5-3-4-10(13)7-16)14(19)11-6-12(15)9-17-8-11/h6,8-10,13H,2-5,7,16H2,1H3. The molecule has 2 unspecified atom stereocenters. The zero-order valence-corrected chi connectivity index (χ0v) is 12.8. The van der Waals surface area contributed by atoms with Crippen LogP contribution in [0.1, 0.15) is 36.5 Å². The van der Waals surface area contributed by atoms with Gasteiger partial charge in [0.25, 0.3) is 5.91 Å². The van der Waals surface area contributed by atoms with Gasteiger partial charge in [0.15, 0.2) is 0 Å². The largest absolute Gasteiger partial charge is 0.336 e. The van der Waals surface area contributed by atoms with Gasteiger partial charge in [0.2, 0.25) is 0 Å². The van der Waals surface area contributed by atoms with Crippen molar-refractivity contribution < 1.29 is 4.79 Å². The molecule has 1 fully saturated rings. The normalized spacial score (nSPS) is 22.5. The highest BCUT2D eigenvalue weighted by molar-refractivity contribution is 9.10. The Morgan fingerprint density at radius 2 is 2.32 bits per heavy atom. The number of aromatic nitrogens is 1. The van der Waals surface area contributed by atoms with Crippen LogP contribution in [0.3, 0.4) is 0 Å². The third-order valence-electron chi connectivity index (χ3n) is 3.88. The molecule has 0 bridgehead atoms. The van der Waals surface area contributed by atoms with E-state index in [4.69, 9.17) is 5.73 Å². The number of hydrogen-bond donors (Lipinski definition) is 1. The van der Waals surface area contributed by atoms with E-state index >= 15 is 0 Å². The second-order valence-corrected chi connectivity index (χ2v) is 5.89. The molecule has 2 N–H and O–H groups in total. The monoisotopic (exact) mass is 325 g/mol. The lowest BCUT2D eigenvalue weighted by molar-refractivity contribution is 0.0651. The minimum Gasteiger partial charge on any atom is -0.336 e. The van der Waals surface area contributed by atoms with E-state index in [2.05, 4.69) is 20.9 Å². The maximum atomic E-state index is 12.6. The van der Waals surface area contributed by atoms with E-state index in [0.29, 0.717) is 24.6 Å². The summed E-state index contributed by atoms with van der Waals surface area (Å²) in [6.45, 7) is 3.40. The molecule has 2 rings (SSSR count). The molecule has 1 amide bonds. The van der Waals surface area contributed by atoms with Crippen LogP contribution in [-0.4, -0.2) is 34.9 Å². The number of carbonyl (C=O) groups excluding carboxylic acids is 1. The lowest BCUT2D eigenvalue weighted by Gasteiger charge is -2.32. The molecule has 0 radical (unpaired) electrons. The van der Waals surface area contributed by atoms with Crippen LogP contribution in [0.15, 0.2) is 22.9 Å². The van der Waals surface area contributed by atoms with Gasteiger partial charge >= 0.3 is 0 Å². The molecule has 19 heavy (non-hydrogen) atoms. The number of nitrogens with zero attached hydrogens (tertiary/aromatic N) is 2. The Labute approximate surface area is 122 Å². The average Bonchev–Trinajstić information content (AvgIpc) is 2.88. The predicted octanol–water partition coefficient (Wildman–Crippen LogP) is 2.43. The van der Waals surface area contributed by atoms with Crippen LogP contribution in [0.4, 0.5) is 0 Å². The number of pyridine rings is 1. The maximum absolute atomic E-state index is 12.6. The van der Waals surface area contributed by atoms with Gasteiger partial charge in [-0.1, -0.05) is 6.42 Å². The minimum atomic E-state index is 0.0571. The van der Waals surface area contributed by atoms with Crippen LogP contribution in [0.25, 0.3) is 0 Å². The Morgan fingerprint density at radius 1 is 1.53 bits per heavy atom. The Morgan fingerprint density at radius 3 is 2.95 bits per heavy atom. The number of carbonyl (C=O) groups is 1. The Hall–Kier alpha value is -0.940. The molecular formula is C14H20BrN3O. The second kappa shape index (κ2) is 6.48. The van der Waals surface area contributed by atoms with E-state index in [-0.39, 0.29) is 11.9 Å². The van der Waals surface area contributed by atoms with Gasteiger partial charge in [-0.15, -0.1) is 0 Å². The first-order valence-electron chi connectivity index (χ1n) is 6.79. The quantitative estimate of drug-likeness (QED) is 0.924. The van der Waals surface area contributed by atoms with E-state index in [1.807, 2.05) is 17.9 Å². The smallest absolute Gasteiger partial charge is 0.255 e. The van der Waals surface area contributed by atoms with Gasteiger partial charge < -0.3 is 10.6 Å². The van der Waals surface area contributed by atoms with Crippen LogP contribution in [0, 0.1) is 5.92 Å². The molecule has 1 heterocycles. The number of hydrogen-bond acceptors (Lipinski definition) is 3.